The molecule has 1 unspecified atom stereocenters. The molecule has 0 spiro atoms. The van der Waals surface area contributed by atoms with Crippen LogP contribution in [0.3, 0.4) is 0 Å². The van der Waals surface area contributed by atoms with Gasteiger partial charge in [-0.2, -0.15) is 13.2 Å². The van der Waals surface area contributed by atoms with E-state index in [0.717, 1.165) is 24.8 Å². The van der Waals surface area contributed by atoms with Gasteiger partial charge >= 0.3 is 6.18 Å². The van der Waals surface area contributed by atoms with Crippen molar-refractivity contribution in [1.82, 2.24) is 0 Å². The van der Waals surface area contributed by atoms with Gasteiger partial charge in [0, 0.05) is 53.5 Å². The van der Waals surface area contributed by atoms with Crippen LogP contribution in [0, 0.1) is 10.8 Å². The molecule has 1 aliphatic heterocycles. The van der Waals surface area contributed by atoms with Gasteiger partial charge in [-0.25, -0.2) is 0 Å². The van der Waals surface area contributed by atoms with Crippen LogP contribution in [-0.4, -0.2) is 29.8 Å². The number of carbonyl (C=O) groups is 1. The average Bonchev–Trinajstić information content (AvgIpc) is 2.97. The maximum Gasteiger partial charge on any atom is 0.418 e. The third kappa shape index (κ3) is 5.58. The maximum absolute atomic E-state index is 14.4. The van der Waals surface area contributed by atoms with E-state index in [1.165, 1.54) is 23.1 Å². The molecular weight excluding hydrogens is 551 g/mol. The molecular formula is C35H36F3N3O2. The number of allylic oxidation sites excluding steroid dienone is 2. The van der Waals surface area contributed by atoms with Gasteiger partial charge in [0.25, 0.3) is 0 Å². The van der Waals surface area contributed by atoms with Gasteiger partial charge in [-0.05, 0) is 55.5 Å². The molecule has 0 bridgehead atoms. The van der Waals surface area contributed by atoms with Crippen LogP contribution < -0.4 is 9.80 Å². The standard InChI is InChI=1S/C35H36F3N3O2/c1-5-40(6-2)24-18-16-22(17-19-24)29-30-27(20-34(3,4)21-28(30)42)41(26-15-11-10-14-25(26)35(36,37)38)33(39)31(29)32(43)23-12-8-7-9-13-23/h7-19,29,39,43H,5-6,20-21H2,1-4H3/b32-31+,39-33?. The summed E-state index contributed by atoms with van der Waals surface area (Å²) in [5.41, 5.74) is 1.15. The van der Waals surface area contributed by atoms with Crippen LogP contribution in [0.5, 0.6) is 0 Å². The number of nitrogens with one attached hydrogen (secondary N) is 1. The number of Topliss-reactive ketones (excluding diaryl/α,β-unsaturated/α-hetero) is 1. The summed E-state index contributed by atoms with van der Waals surface area (Å²) >= 11 is 0. The van der Waals surface area contributed by atoms with Gasteiger partial charge in [-0.3, -0.25) is 15.1 Å². The third-order valence-electron chi connectivity index (χ3n) is 8.33. The van der Waals surface area contributed by atoms with Gasteiger partial charge in [0.1, 0.15) is 11.6 Å². The van der Waals surface area contributed by atoms with Crippen LogP contribution in [0.25, 0.3) is 5.76 Å². The van der Waals surface area contributed by atoms with E-state index < -0.39 is 23.1 Å². The van der Waals surface area contributed by atoms with Crippen molar-refractivity contribution in [3.63, 3.8) is 0 Å². The monoisotopic (exact) mass is 587 g/mol. The summed E-state index contributed by atoms with van der Waals surface area (Å²) in [6.07, 6.45) is -4.22. The zero-order valence-corrected chi connectivity index (χ0v) is 24.8. The van der Waals surface area contributed by atoms with Crippen molar-refractivity contribution in [2.45, 2.75) is 52.6 Å². The largest absolute Gasteiger partial charge is 0.507 e. The van der Waals surface area contributed by atoms with Gasteiger partial charge in [-0.1, -0.05) is 68.4 Å². The van der Waals surface area contributed by atoms with E-state index >= 15 is 0 Å². The number of anilines is 2. The second kappa shape index (κ2) is 11.4. The molecule has 0 aromatic heterocycles. The quantitative estimate of drug-likeness (QED) is 0.283. The van der Waals surface area contributed by atoms with Gasteiger partial charge in [0.15, 0.2) is 5.78 Å². The molecule has 43 heavy (non-hydrogen) atoms. The molecule has 0 radical (unpaired) electrons. The molecule has 3 aromatic carbocycles. The fourth-order valence-electron chi connectivity index (χ4n) is 6.34. The van der Waals surface area contributed by atoms with Crippen molar-refractivity contribution >= 4 is 28.8 Å². The topological polar surface area (TPSA) is 67.6 Å². The van der Waals surface area contributed by atoms with Crippen LogP contribution in [0.1, 0.15) is 63.1 Å². The average molecular weight is 588 g/mol. The van der Waals surface area contributed by atoms with Crippen LogP contribution >= 0.6 is 0 Å². The number of benzene rings is 3. The van der Waals surface area contributed by atoms with Crippen molar-refractivity contribution in [3.8, 4) is 0 Å². The predicted octanol–water partition coefficient (Wildman–Crippen LogP) is 8.75. The molecule has 224 valence electrons. The lowest BCUT2D eigenvalue weighted by atomic mass is 9.67. The van der Waals surface area contributed by atoms with E-state index in [0.29, 0.717) is 22.4 Å². The zero-order chi connectivity index (χ0) is 31.1. The minimum atomic E-state index is -4.70. The Kier molecular flexibility index (Phi) is 7.99. The van der Waals surface area contributed by atoms with E-state index in [2.05, 4.69) is 18.7 Å². The molecule has 3 aromatic rings. The Bertz CT molecular complexity index is 1600. The number of nitrogens with zero attached hydrogens (tertiary/aromatic N) is 2. The Morgan fingerprint density at radius 3 is 2.16 bits per heavy atom. The number of aliphatic hydroxyl groups excluding tert-OH is 1. The molecule has 1 aliphatic carbocycles. The van der Waals surface area contributed by atoms with Gasteiger partial charge < -0.3 is 10.0 Å². The maximum atomic E-state index is 14.4. The van der Waals surface area contributed by atoms with E-state index in [1.807, 2.05) is 38.1 Å². The molecule has 2 aliphatic rings. The van der Waals surface area contributed by atoms with E-state index in [9.17, 15) is 28.5 Å². The SMILES string of the molecule is CCN(CC)c1ccc(C2C3=C(CC(C)(C)CC3=O)N(c3ccccc3C(F)(F)F)C(=N)/C2=C(/O)c2ccccc2)cc1. The number of hydrogen-bond donors (Lipinski definition) is 2. The van der Waals surface area contributed by atoms with Crippen LogP contribution in [-0.2, 0) is 11.0 Å². The normalized spacial score (nSPS) is 19.8. The van der Waals surface area contributed by atoms with Crippen LogP contribution in [0.2, 0.25) is 0 Å². The highest BCUT2D eigenvalue weighted by atomic mass is 19.4. The molecule has 1 atom stereocenters. The van der Waals surface area contributed by atoms with Gasteiger partial charge in [0.2, 0.25) is 0 Å². The Morgan fingerprint density at radius 2 is 1.56 bits per heavy atom. The van der Waals surface area contributed by atoms with E-state index in [-0.39, 0.29) is 41.5 Å². The Labute approximate surface area is 250 Å². The van der Waals surface area contributed by atoms with Gasteiger partial charge in [0.05, 0.1) is 11.3 Å². The number of para-hydroxylation sites is 1. The molecule has 2 N–H and O–H groups in total. The fourth-order valence-corrected chi connectivity index (χ4v) is 6.34. The number of hydrogen-bond acceptors (Lipinski definition) is 4. The summed E-state index contributed by atoms with van der Waals surface area (Å²) in [6, 6.07) is 21.4. The van der Waals surface area contributed by atoms with Gasteiger partial charge in [-0.15, -0.1) is 0 Å². The highest BCUT2D eigenvalue weighted by molar-refractivity contribution is 6.20. The summed E-state index contributed by atoms with van der Waals surface area (Å²) in [7, 11) is 0. The summed E-state index contributed by atoms with van der Waals surface area (Å²) in [4.78, 5) is 17.5. The zero-order valence-electron chi connectivity index (χ0n) is 24.8. The van der Waals surface area contributed by atoms with E-state index in [4.69, 9.17) is 0 Å². The first kappa shape index (κ1) is 30.1. The molecule has 8 heteroatoms. The van der Waals surface area contributed by atoms with Crippen molar-refractivity contribution in [1.29, 1.82) is 5.41 Å². The highest BCUT2D eigenvalue weighted by Crippen LogP contribution is 2.52. The summed E-state index contributed by atoms with van der Waals surface area (Å²) in [6.45, 7) is 9.55. The lowest BCUT2D eigenvalue weighted by Gasteiger charge is -2.45. The second-order valence-corrected chi connectivity index (χ2v) is 11.8. The smallest absolute Gasteiger partial charge is 0.418 e. The highest BCUT2D eigenvalue weighted by Gasteiger charge is 2.48. The summed E-state index contributed by atoms with van der Waals surface area (Å²) in [5, 5.41) is 21.3. The lowest BCUT2D eigenvalue weighted by Crippen LogP contribution is -2.45. The number of alkyl halides is 3. The molecule has 0 saturated heterocycles. The van der Waals surface area contributed by atoms with Crippen molar-refractivity contribution in [2.24, 2.45) is 5.41 Å². The number of aliphatic hydroxyl groups is 1. The molecule has 0 fully saturated rings. The molecule has 1 heterocycles. The first-order valence-electron chi connectivity index (χ1n) is 14.5. The number of rotatable bonds is 6. The van der Waals surface area contributed by atoms with Crippen molar-refractivity contribution in [2.75, 3.05) is 22.9 Å². The number of amidine groups is 1. The predicted molar refractivity (Wildman–Crippen MR) is 165 cm³/mol. The van der Waals surface area contributed by atoms with Crippen molar-refractivity contribution in [3.05, 3.63) is 112 Å². The Hall–Kier alpha value is -4.33. The Balaban J connectivity index is 1.84. The third-order valence-corrected chi connectivity index (χ3v) is 8.33. The lowest BCUT2D eigenvalue weighted by molar-refractivity contribution is -0.137. The summed E-state index contributed by atoms with van der Waals surface area (Å²) in [5.74, 6) is -1.59. The number of carbonyl (C=O) groups excluding carboxylic acids is 1. The van der Waals surface area contributed by atoms with Crippen molar-refractivity contribution < 1.29 is 23.1 Å². The minimum absolute atomic E-state index is 0.0885. The molecule has 5 nitrogen and oxygen atoms in total. The first-order chi connectivity index (χ1) is 20.4. The molecule has 0 saturated carbocycles. The molecule has 0 amide bonds. The first-order valence-corrected chi connectivity index (χ1v) is 14.5. The van der Waals surface area contributed by atoms with E-state index in [1.54, 1.807) is 30.3 Å². The Morgan fingerprint density at radius 1 is 0.953 bits per heavy atom. The minimum Gasteiger partial charge on any atom is -0.507 e. The number of ketones is 1. The molecule has 5 rings (SSSR count). The fraction of sp³-hybridized carbons (Fsp3) is 0.314. The second-order valence-electron chi connectivity index (χ2n) is 11.8. The number of halogens is 3. The van der Waals surface area contributed by atoms with Crippen LogP contribution in [0.4, 0.5) is 24.5 Å². The van der Waals surface area contributed by atoms with Crippen LogP contribution in [0.15, 0.2) is 95.7 Å². The summed E-state index contributed by atoms with van der Waals surface area (Å²) < 4.78 is 43.1.